The SMILES string of the molecule is COCC(C)(C)c1c(-c2ccc(C(=O)CC3CCC(=O)NC3)cc2)c2cc3c(cc2n1-c1ccc(F)cc1)C=NC3. The first-order valence-corrected chi connectivity index (χ1v) is 14.1. The highest BCUT2D eigenvalue weighted by Crippen LogP contribution is 2.44. The smallest absolute Gasteiger partial charge is 0.220 e. The third kappa shape index (κ3) is 5.10. The van der Waals surface area contributed by atoms with Crippen LogP contribution in [0, 0.1) is 11.7 Å². The molecule has 0 spiro atoms. The van der Waals surface area contributed by atoms with Crippen LogP contribution in [0.1, 0.15) is 60.3 Å². The molecule has 1 aromatic heterocycles. The monoisotopic (exact) mass is 551 g/mol. The number of rotatable bonds is 8. The zero-order valence-electron chi connectivity index (χ0n) is 23.7. The van der Waals surface area contributed by atoms with Gasteiger partial charge in [-0.1, -0.05) is 38.1 Å². The van der Waals surface area contributed by atoms with Crippen LogP contribution in [0.3, 0.4) is 0 Å². The second kappa shape index (κ2) is 10.7. The van der Waals surface area contributed by atoms with Gasteiger partial charge in [0.25, 0.3) is 0 Å². The largest absolute Gasteiger partial charge is 0.384 e. The van der Waals surface area contributed by atoms with Crippen molar-refractivity contribution < 1.29 is 18.7 Å². The summed E-state index contributed by atoms with van der Waals surface area (Å²) in [6.45, 7) is 5.98. The number of amides is 1. The fourth-order valence-electron chi connectivity index (χ4n) is 6.28. The number of piperidine rings is 1. The number of aromatic nitrogens is 1. The number of Topliss-reactive ketones (excluding diaryl/α,β-unsaturated/α-hetero) is 1. The van der Waals surface area contributed by atoms with Crippen molar-refractivity contribution >= 4 is 28.8 Å². The molecule has 6 nitrogen and oxygen atoms in total. The van der Waals surface area contributed by atoms with Crippen molar-refractivity contribution in [3.05, 3.63) is 88.9 Å². The van der Waals surface area contributed by atoms with E-state index in [1.54, 1.807) is 7.11 Å². The molecular formula is C34H34FN3O3. The molecule has 210 valence electrons. The van der Waals surface area contributed by atoms with Crippen LogP contribution in [0.4, 0.5) is 4.39 Å². The number of nitrogens with zero attached hydrogens (tertiary/aromatic N) is 2. The summed E-state index contributed by atoms with van der Waals surface area (Å²) in [6, 6.07) is 18.8. The van der Waals surface area contributed by atoms with Gasteiger partial charge >= 0.3 is 0 Å². The maximum absolute atomic E-state index is 14.0. The van der Waals surface area contributed by atoms with E-state index in [1.807, 2.05) is 42.6 Å². The molecule has 4 aromatic rings. The van der Waals surface area contributed by atoms with Crippen LogP contribution in [-0.2, 0) is 21.5 Å². The number of benzene rings is 3. The summed E-state index contributed by atoms with van der Waals surface area (Å²) in [6.07, 6.45) is 3.55. The molecule has 0 bridgehead atoms. The topological polar surface area (TPSA) is 72.7 Å². The lowest BCUT2D eigenvalue weighted by atomic mass is 9.84. The van der Waals surface area contributed by atoms with Gasteiger partial charge in [0.1, 0.15) is 5.82 Å². The van der Waals surface area contributed by atoms with Crippen molar-refractivity contribution in [3.63, 3.8) is 0 Å². The first kappa shape index (κ1) is 27.1. The number of fused-ring (bicyclic) bond motifs is 2. The number of aliphatic imine (C=N–C) groups is 1. The molecule has 1 saturated heterocycles. The summed E-state index contributed by atoms with van der Waals surface area (Å²) in [5, 5.41) is 3.95. The van der Waals surface area contributed by atoms with E-state index in [9.17, 15) is 14.0 Å². The summed E-state index contributed by atoms with van der Waals surface area (Å²) >= 11 is 0. The average molecular weight is 552 g/mol. The van der Waals surface area contributed by atoms with Crippen LogP contribution in [0.5, 0.6) is 0 Å². The second-order valence-electron chi connectivity index (χ2n) is 11.8. The summed E-state index contributed by atoms with van der Waals surface area (Å²) < 4.78 is 21.9. The Bertz CT molecular complexity index is 1660. The minimum atomic E-state index is -0.407. The van der Waals surface area contributed by atoms with Crippen LogP contribution in [0.2, 0.25) is 0 Å². The molecule has 6 rings (SSSR count). The maximum Gasteiger partial charge on any atom is 0.220 e. The maximum atomic E-state index is 14.0. The first-order valence-electron chi connectivity index (χ1n) is 14.1. The molecule has 1 fully saturated rings. The Hall–Kier alpha value is -4.10. The van der Waals surface area contributed by atoms with Crippen molar-refractivity contribution in [2.45, 2.75) is 45.1 Å². The molecule has 41 heavy (non-hydrogen) atoms. The van der Waals surface area contributed by atoms with Gasteiger partial charge in [-0.3, -0.25) is 14.6 Å². The number of nitrogens with one attached hydrogen (secondary N) is 1. The van der Waals surface area contributed by atoms with Crippen molar-refractivity contribution in [2.24, 2.45) is 10.9 Å². The van der Waals surface area contributed by atoms with Crippen LogP contribution in [0.15, 0.2) is 65.7 Å². The molecule has 1 unspecified atom stereocenters. The Morgan fingerprint density at radius 3 is 2.56 bits per heavy atom. The van der Waals surface area contributed by atoms with E-state index >= 15 is 0 Å². The highest BCUT2D eigenvalue weighted by atomic mass is 19.1. The van der Waals surface area contributed by atoms with E-state index in [4.69, 9.17) is 4.74 Å². The lowest BCUT2D eigenvalue weighted by Crippen LogP contribution is -2.35. The summed E-state index contributed by atoms with van der Waals surface area (Å²) in [4.78, 5) is 29.1. The predicted molar refractivity (Wildman–Crippen MR) is 160 cm³/mol. The summed E-state index contributed by atoms with van der Waals surface area (Å²) in [5.41, 5.74) is 7.50. The zero-order chi connectivity index (χ0) is 28.7. The van der Waals surface area contributed by atoms with E-state index in [0.29, 0.717) is 38.1 Å². The molecule has 0 saturated carbocycles. The minimum Gasteiger partial charge on any atom is -0.384 e. The molecule has 3 heterocycles. The van der Waals surface area contributed by atoms with E-state index in [1.165, 1.54) is 12.1 Å². The molecule has 0 aliphatic carbocycles. The summed E-state index contributed by atoms with van der Waals surface area (Å²) in [5.74, 6) is 0.0231. The predicted octanol–water partition coefficient (Wildman–Crippen LogP) is 6.39. The van der Waals surface area contributed by atoms with Gasteiger partial charge in [0, 0.05) is 66.0 Å². The highest BCUT2D eigenvalue weighted by molar-refractivity contribution is 6.04. The molecule has 1 N–H and O–H groups in total. The highest BCUT2D eigenvalue weighted by Gasteiger charge is 2.33. The van der Waals surface area contributed by atoms with Gasteiger partial charge in [0.2, 0.25) is 5.91 Å². The normalized spacial score (nSPS) is 16.7. The number of carbonyl (C=O) groups is 2. The Morgan fingerprint density at radius 2 is 1.88 bits per heavy atom. The lowest BCUT2D eigenvalue weighted by molar-refractivity contribution is -0.122. The van der Waals surface area contributed by atoms with Crippen LogP contribution < -0.4 is 5.32 Å². The molecule has 2 aliphatic heterocycles. The van der Waals surface area contributed by atoms with Crippen LogP contribution in [0.25, 0.3) is 27.7 Å². The van der Waals surface area contributed by atoms with Gasteiger partial charge in [-0.2, -0.15) is 0 Å². The zero-order valence-corrected chi connectivity index (χ0v) is 23.7. The Labute approximate surface area is 239 Å². The lowest BCUT2D eigenvalue weighted by Gasteiger charge is -2.28. The molecule has 3 aromatic carbocycles. The number of halogens is 1. The third-order valence-electron chi connectivity index (χ3n) is 8.29. The standard InChI is InChI=1S/C34H34FN3O3/c1-34(2,20-41-3)33-32(23-7-5-22(6-8-23)30(39)14-21-4-13-31(40)37-17-21)28-15-24-18-36-19-25(24)16-29(28)38(33)27-11-9-26(35)10-12-27/h5-12,15-16,19,21H,4,13-14,17-18,20H2,1-3H3,(H,37,40). The molecule has 7 heteroatoms. The molecule has 2 aliphatic rings. The van der Waals surface area contributed by atoms with Gasteiger partial charge < -0.3 is 14.6 Å². The third-order valence-corrected chi connectivity index (χ3v) is 8.29. The van der Waals surface area contributed by atoms with Crippen molar-refractivity contribution in [1.82, 2.24) is 9.88 Å². The number of ketones is 1. The Morgan fingerprint density at radius 1 is 1.12 bits per heavy atom. The van der Waals surface area contributed by atoms with Crippen LogP contribution >= 0.6 is 0 Å². The average Bonchev–Trinajstić information content (AvgIpc) is 3.56. The number of methoxy groups -OCH3 is 1. The van der Waals surface area contributed by atoms with Crippen molar-refractivity contribution in [2.75, 3.05) is 20.3 Å². The minimum absolute atomic E-state index is 0.0576. The number of carbonyl (C=O) groups excluding carboxylic acids is 2. The van der Waals surface area contributed by atoms with Crippen molar-refractivity contribution in [3.8, 4) is 16.8 Å². The molecule has 0 radical (unpaired) electrons. The van der Waals surface area contributed by atoms with E-state index in [0.717, 1.165) is 51.0 Å². The first-order chi connectivity index (χ1) is 19.7. The number of hydrogen-bond donors (Lipinski definition) is 1. The van der Waals surface area contributed by atoms with E-state index in [2.05, 4.69) is 40.9 Å². The van der Waals surface area contributed by atoms with Crippen molar-refractivity contribution in [1.29, 1.82) is 0 Å². The van der Waals surface area contributed by atoms with Gasteiger partial charge in [-0.05, 0) is 65.4 Å². The van der Waals surface area contributed by atoms with E-state index in [-0.39, 0.29) is 23.4 Å². The van der Waals surface area contributed by atoms with Gasteiger partial charge in [-0.25, -0.2) is 4.39 Å². The second-order valence-corrected chi connectivity index (χ2v) is 11.8. The van der Waals surface area contributed by atoms with Gasteiger partial charge in [0.15, 0.2) is 5.78 Å². The fraction of sp³-hybridized carbons (Fsp3) is 0.324. The van der Waals surface area contributed by atoms with Gasteiger partial charge in [-0.15, -0.1) is 0 Å². The number of hydrogen-bond acceptors (Lipinski definition) is 4. The van der Waals surface area contributed by atoms with E-state index < -0.39 is 5.41 Å². The molecular weight excluding hydrogens is 517 g/mol. The fourth-order valence-corrected chi connectivity index (χ4v) is 6.28. The molecule has 1 amide bonds. The molecule has 1 atom stereocenters. The summed E-state index contributed by atoms with van der Waals surface area (Å²) in [7, 11) is 1.70. The Balaban J connectivity index is 1.49. The van der Waals surface area contributed by atoms with Crippen LogP contribution in [-0.4, -0.2) is 42.7 Å². The Kier molecular flexibility index (Phi) is 7.08. The number of ether oxygens (including phenoxy) is 1. The van der Waals surface area contributed by atoms with Gasteiger partial charge in [0.05, 0.1) is 18.7 Å². The quantitative estimate of drug-likeness (QED) is 0.258.